The fourth-order valence-electron chi connectivity index (χ4n) is 2.01. The maximum Gasteiger partial charge on any atom is 0.237 e. The van der Waals surface area contributed by atoms with Gasteiger partial charge in [0.05, 0.1) is 6.04 Å². The first-order chi connectivity index (χ1) is 11.4. The van der Waals surface area contributed by atoms with Gasteiger partial charge in [-0.3, -0.25) is 4.79 Å². The summed E-state index contributed by atoms with van der Waals surface area (Å²) in [6, 6.07) is 3.60. The fourth-order valence-corrected chi connectivity index (χ4v) is 3.32. The molecule has 1 aromatic rings. The molecule has 24 heavy (non-hydrogen) atoms. The number of carbonyl (C=O) groups is 1. The first kappa shape index (κ1) is 21.0. The number of rotatable bonds is 10. The van der Waals surface area contributed by atoms with Crippen LogP contribution in [0.25, 0.3) is 0 Å². The highest BCUT2D eigenvalue weighted by Crippen LogP contribution is 2.32. The standard InChI is InChI=1S/C13H22N4O5P2/c14-6-2-1-3-11(15)13(18)16-8-9-4-5-10(24(21)22)7-12(9)23(20)17-19/h4-5,7,11,20-22H,1-3,6,8,14-15H2,(H,16,18). The van der Waals surface area contributed by atoms with Crippen LogP contribution in [0.15, 0.2) is 23.1 Å². The van der Waals surface area contributed by atoms with E-state index in [1.165, 1.54) is 18.2 Å². The third-order valence-electron chi connectivity index (χ3n) is 3.35. The van der Waals surface area contributed by atoms with E-state index in [-0.39, 0.29) is 23.1 Å². The maximum atomic E-state index is 11.9. The number of benzene rings is 1. The van der Waals surface area contributed by atoms with Crippen LogP contribution in [0.3, 0.4) is 0 Å². The molecule has 0 aliphatic carbocycles. The minimum absolute atomic E-state index is 0.0444. The van der Waals surface area contributed by atoms with Crippen molar-refractivity contribution in [3.63, 3.8) is 0 Å². The van der Waals surface area contributed by atoms with Crippen LogP contribution in [0, 0.1) is 4.91 Å². The number of nitrogens with one attached hydrogen (secondary N) is 1. The van der Waals surface area contributed by atoms with Crippen LogP contribution in [0.4, 0.5) is 0 Å². The van der Waals surface area contributed by atoms with Crippen molar-refractivity contribution in [2.75, 3.05) is 6.54 Å². The van der Waals surface area contributed by atoms with Crippen LogP contribution >= 0.6 is 16.7 Å². The molecule has 11 heteroatoms. The summed E-state index contributed by atoms with van der Waals surface area (Å²) in [6.45, 7) is 0.587. The molecule has 0 aliphatic heterocycles. The molecule has 1 rings (SSSR count). The Kier molecular flexibility index (Phi) is 9.39. The molecular formula is C13H22N4O5P2. The number of hydrogen-bond donors (Lipinski definition) is 6. The third kappa shape index (κ3) is 6.45. The third-order valence-corrected chi connectivity index (χ3v) is 5.09. The summed E-state index contributed by atoms with van der Waals surface area (Å²) < 4.78 is 0. The number of nitrogens with two attached hydrogens (primary N) is 2. The van der Waals surface area contributed by atoms with E-state index >= 15 is 0 Å². The van der Waals surface area contributed by atoms with Crippen molar-refractivity contribution in [1.29, 1.82) is 0 Å². The number of unbranched alkanes of at least 4 members (excludes halogenated alkanes) is 1. The minimum atomic E-state index is -2.36. The Morgan fingerprint density at radius 1 is 1.29 bits per heavy atom. The lowest BCUT2D eigenvalue weighted by molar-refractivity contribution is -0.122. The van der Waals surface area contributed by atoms with Gasteiger partial charge in [-0.15, -0.1) is 4.91 Å². The minimum Gasteiger partial charge on any atom is -0.351 e. The lowest BCUT2D eigenvalue weighted by Crippen LogP contribution is -2.40. The molecule has 0 saturated heterocycles. The highest BCUT2D eigenvalue weighted by molar-refractivity contribution is 7.59. The smallest absolute Gasteiger partial charge is 0.237 e. The van der Waals surface area contributed by atoms with Gasteiger partial charge in [-0.2, -0.15) is 0 Å². The van der Waals surface area contributed by atoms with Crippen LogP contribution in [0.2, 0.25) is 0 Å². The van der Waals surface area contributed by atoms with E-state index in [0.717, 1.165) is 12.8 Å². The molecule has 9 nitrogen and oxygen atoms in total. The predicted octanol–water partition coefficient (Wildman–Crippen LogP) is -0.623. The van der Waals surface area contributed by atoms with Crippen molar-refractivity contribution < 1.29 is 19.5 Å². The van der Waals surface area contributed by atoms with Crippen molar-refractivity contribution >= 4 is 33.2 Å². The molecule has 0 aliphatic rings. The van der Waals surface area contributed by atoms with Gasteiger partial charge in [-0.25, -0.2) is 0 Å². The topological polar surface area (TPSA) is 171 Å². The van der Waals surface area contributed by atoms with Crippen molar-refractivity contribution in [2.24, 2.45) is 16.4 Å². The summed E-state index contributed by atoms with van der Waals surface area (Å²) >= 11 is 0. The Balaban J connectivity index is 2.76. The first-order valence-corrected chi connectivity index (χ1v) is 9.76. The van der Waals surface area contributed by atoms with Crippen molar-refractivity contribution in [1.82, 2.24) is 5.32 Å². The van der Waals surface area contributed by atoms with Gasteiger partial charge in [0, 0.05) is 17.2 Å². The Bertz CT molecular complexity index is 561. The van der Waals surface area contributed by atoms with Crippen LogP contribution in [0.1, 0.15) is 24.8 Å². The van der Waals surface area contributed by atoms with E-state index in [4.69, 9.17) is 11.5 Å². The SMILES string of the molecule is NCCCCC(N)C(=O)NCc1ccc(P(O)O)cc1P(O)N=O. The summed E-state index contributed by atoms with van der Waals surface area (Å²) in [5, 5.41) is 2.99. The van der Waals surface area contributed by atoms with E-state index in [1.807, 2.05) is 0 Å². The Labute approximate surface area is 142 Å². The second-order valence-electron chi connectivity index (χ2n) is 5.08. The predicted molar refractivity (Wildman–Crippen MR) is 94.7 cm³/mol. The van der Waals surface area contributed by atoms with Gasteiger partial charge in [0.1, 0.15) is 0 Å². The average molecular weight is 376 g/mol. The Hall–Kier alpha value is -1.05. The van der Waals surface area contributed by atoms with E-state index in [0.29, 0.717) is 18.5 Å². The zero-order chi connectivity index (χ0) is 18.1. The number of amides is 1. The number of nitrogens with zero attached hydrogens (tertiary/aromatic N) is 1. The number of nitroso groups, excluding NO2 is 1. The van der Waals surface area contributed by atoms with Gasteiger partial charge >= 0.3 is 0 Å². The van der Waals surface area contributed by atoms with E-state index in [2.05, 4.69) is 10.3 Å². The van der Waals surface area contributed by atoms with Gasteiger partial charge in [0.2, 0.25) is 14.2 Å². The van der Waals surface area contributed by atoms with E-state index in [1.54, 1.807) is 0 Å². The molecule has 2 atom stereocenters. The molecule has 0 fully saturated rings. The zero-order valence-electron chi connectivity index (χ0n) is 13.0. The van der Waals surface area contributed by atoms with Crippen LogP contribution in [-0.4, -0.2) is 33.2 Å². The summed E-state index contributed by atoms with van der Waals surface area (Å²) in [6.07, 6.45) is 2.05. The molecule has 0 spiro atoms. The summed E-state index contributed by atoms with van der Waals surface area (Å²) in [5.74, 6) is -0.352. The van der Waals surface area contributed by atoms with Crippen molar-refractivity contribution in [3.05, 3.63) is 28.7 Å². The molecule has 1 amide bonds. The van der Waals surface area contributed by atoms with Gasteiger partial charge in [0.25, 0.3) is 0 Å². The van der Waals surface area contributed by atoms with Crippen LogP contribution in [0.5, 0.6) is 0 Å². The molecule has 0 bridgehead atoms. The largest absolute Gasteiger partial charge is 0.351 e. The normalized spacial score (nSPS) is 13.6. The maximum absolute atomic E-state index is 11.9. The first-order valence-electron chi connectivity index (χ1n) is 7.27. The Morgan fingerprint density at radius 3 is 2.58 bits per heavy atom. The number of carbonyl (C=O) groups excluding carboxylic acids is 1. The molecule has 0 saturated carbocycles. The molecule has 134 valence electrons. The van der Waals surface area contributed by atoms with Gasteiger partial charge in [0.15, 0.2) is 8.38 Å². The van der Waals surface area contributed by atoms with Crippen molar-refractivity contribution in [3.8, 4) is 0 Å². The molecule has 0 aromatic heterocycles. The molecule has 1 aromatic carbocycles. The van der Waals surface area contributed by atoms with Crippen LogP contribution < -0.4 is 27.4 Å². The molecule has 8 N–H and O–H groups in total. The summed E-state index contributed by atoms with van der Waals surface area (Å²) in [7, 11) is -4.69. The highest BCUT2D eigenvalue weighted by atomic mass is 31.2. The molecule has 0 radical (unpaired) electrons. The molecular weight excluding hydrogens is 354 g/mol. The molecule has 2 unspecified atom stereocenters. The zero-order valence-corrected chi connectivity index (χ0v) is 14.8. The Morgan fingerprint density at radius 2 is 2.00 bits per heavy atom. The van der Waals surface area contributed by atoms with E-state index in [9.17, 15) is 24.4 Å². The fraction of sp³-hybridized carbons (Fsp3) is 0.462. The summed E-state index contributed by atoms with van der Waals surface area (Å²) in [4.78, 5) is 53.3. The monoisotopic (exact) mass is 376 g/mol. The van der Waals surface area contributed by atoms with Crippen molar-refractivity contribution in [2.45, 2.75) is 31.8 Å². The quantitative estimate of drug-likeness (QED) is 0.179. The average Bonchev–Trinajstić information content (AvgIpc) is 2.58. The van der Waals surface area contributed by atoms with Gasteiger partial charge in [-0.1, -0.05) is 12.5 Å². The lowest BCUT2D eigenvalue weighted by atomic mass is 10.1. The summed E-state index contributed by atoms with van der Waals surface area (Å²) in [5.41, 5.74) is 11.6. The number of hydrogen-bond acceptors (Lipinski definition) is 8. The van der Waals surface area contributed by atoms with Gasteiger partial charge < -0.3 is 31.5 Å². The van der Waals surface area contributed by atoms with Crippen LogP contribution in [-0.2, 0) is 11.3 Å². The second-order valence-corrected chi connectivity index (χ2v) is 7.40. The second kappa shape index (κ2) is 10.7. The van der Waals surface area contributed by atoms with Gasteiger partial charge in [-0.05, 0) is 42.0 Å². The van der Waals surface area contributed by atoms with E-state index < -0.39 is 22.7 Å². The molecule has 0 heterocycles. The lowest BCUT2D eigenvalue weighted by Gasteiger charge is -2.15. The highest BCUT2D eigenvalue weighted by Gasteiger charge is 2.19.